The summed E-state index contributed by atoms with van der Waals surface area (Å²) in [6, 6.07) is 8.14. The Hall–Kier alpha value is -3.13. The number of amides is 1. The number of hydrogen-bond donors (Lipinski definition) is 4. The van der Waals surface area contributed by atoms with Crippen LogP contribution in [0.15, 0.2) is 41.7 Å². The molecular weight excluding hydrogens is 404 g/mol. The van der Waals surface area contributed by atoms with Gasteiger partial charge in [-0.1, -0.05) is 12.1 Å². The molecule has 0 spiro atoms. The van der Waals surface area contributed by atoms with Gasteiger partial charge in [-0.05, 0) is 31.0 Å². The zero-order chi connectivity index (χ0) is 23.1. The van der Waals surface area contributed by atoms with Gasteiger partial charge in [0.15, 0.2) is 0 Å². The normalized spacial score (nSPS) is 19.0. The van der Waals surface area contributed by atoms with Crippen molar-refractivity contribution in [1.82, 2.24) is 15.5 Å². The fourth-order valence-corrected chi connectivity index (χ4v) is 4.13. The van der Waals surface area contributed by atoms with E-state index in [1.807, 2.05) is 43.1 Å². The molecule has 1 saturated heterocycles. The molecule has 1 fully saturated rings. The lowest BCUT2D eigenvalue weighted by Crippen LogP contribution is -2.45. The monoisotopic (exact) mass is 438 g/mol. The first-order valence-electron chi connectivity index (χ1n) is 11.1. The number of hydrogen-bond acceptors (Lipinski definition) is 6. The third-order valence-electron chi connectivity index (χ3n) is 5.94. The van der Waals surface area contributed by atoms with Gasteiger partial charge in [0.25, 0.3) is 0 Å². The molecule has 1 aromatic rings. The average molecular weight is 439 g/mol. The molecule has 2 aliphatic rings. The Kier molecular flexibility index (Phi) is 8.05. The largest absolute Gasteiger partial charge is 0.393 e. The molecular formula is C24H34N6O2. The fraction of sp³-hybridized carbons (Fsp3) is 0.458. The van der Waals surface area contributed by atoms with Gasteiger partial charge in [-0.15, -0.1) is 0 Å². The standard InChI is InChI=1S/C24H34N6O2/c1-4-30(21-7-5-18(6-8-21)19(13-25)14-27-3)24(26)22-15-29(17(2)31)11-9-23(22)28-20-10-12-32-16-20/h5-8,13-14,20,25-28H,4,9-12,15-16H2,1-3H3/b19-14+,25-13?,26-24?/t20-/m0/s1. The van der Waals surface area contributed by atoms with Crippen molar-refractivity contribution in [2.75, 3.05) is 44.8 Å². The Morgan fingerprint density at radius 1 is 1.34 bits per heavy atom. The first-order chi connectivity index (χ1) is 15.5. The lowest BCUT2D eigenvalue weighted by atomic mass is 10.0. The van der Waals surface area contributed by atoms with Gasteiger partial charge in [-0.3, -0.25) is 10.2 Å². The van der Waals surface area contributed by atoms with Crippen molar-refractivity contribution in [3.8, 4) is 0 Å². The SMILES string of the molecule is CCN(C(=N)C1=C(N[C@H]2CCOC2)CCN(C(C)=O)C1)c1ccc(/C(C=N)=C/NC)cc1. The molecule has 0 saturated carbocycles. The first kappa shape index (κ1) is 23.5. The van der Waals surface area contributed by atoms with E-state index in [2.05, 4.69) is 10.6 Å². The quantitative estimate of drug-likeness (QED) is 0.369. The Balaban J connectivity index is 1.88. The molecule has 1 amide bonds. The molecule has 2 heterocycles. The molecule has 0 aliphatic carbocycles. The van der Waals surface area contributed by atoms with Crippen LogP contribution in [0.5, 0.6) is 0 Å². The van der Waals surface area contributed by atoms with Crippen LogP contribution in [-0.4, -0.2) is 68.8 Å². The molecule has 0 aromatic heterocycles. The smallest absolute Gasteiger partial charge is 0.219 e. The minimum Gasteiger partial charge on any atom is -0.393 e. The second kappa shape index (κ2) is 10.9. The Morgan fingerprint density at radius 3 is 2.66 bits per heavy atom. The molecule has 1 aromatic carbocycles. The van der Waals surface area contributed by atoms with Crippen molar-refractivity contribution >= 4 is 29.2 Å². The lowest BCUT2D eigenvalue weighted by molar-refractivity contribution is -0.128. The van der Waals surface area contributed by atoms with E-state index < -0.39 is 0 Å². The molecule has 0 bridgehead atoms. The van der Waals surface area contributed by atoms with Crippen LogP contribution in [0, 0.1) is 10.8 Å². The van der Waals surface area contributed by atoms with E-state index in [1.54, 1.807) is 18.0 Å². The van der Waals surface area contributed by atoms with E-state index in [9.17, 15) is 4.79 Å². The lowest BCUT2D eigenvalue weighted by Gasteiger charge is -2.35. The van der Waals surface area contributed by atoms with Gasteiger partial charge in [0.1, 0.15) is 5.84 Å². The van der Waals surface area contributed by atoms with E-state index in [-0.39, 0.29) is 11.9 Å². The Bertz CT molecular complexity index is 900. The summed E-state index contributed by atoms with van der Waals surface area (Å²) in [5, 5.41) is 23.2. The molecule has 2 aliphatic heterocycles. The predicted octanol–water partition coefficient (Wildman–Crippen LogP) is 2.58. The predicted molar refractivity (Wildman–Crippen MR) is 129 cm³/mol. The van der Waals surface area contributed by atoms with Gasteiger partial charge in [0.05, 0.1) is 19.2 Å². The van der Waals surface area contributed by atoms with Crippen LogP contribution in [-0.2, 0) is 9.53 Å². The van der Waals surface area contributed by atoms with Crippen LogP contribution in [0.1, 0.15) is 32.3 Å². The van der Waals surface area contributed by atoms with Gasteiger partial charge in [-0.25, -0.2) is 0 Å². The molecule has 32 heavy (non-hydrogen) atoms. The Labute approximate surface area is 190 Å². The number of ether oxygens (including phenoxy) is 1. The summed E-state index contributed by atoms with van der Waals surface area (Å²) < 4.78 is 5.51. The summed E-state index contributed by atoms with van der Waals surface area (Å²) in [6.07, 6.45) is 4.77. The summed E-state index contributed by atoms with van der Waals surface area (Å²) in [5.41, 5.74) is 4.53. The zero-order valence-electron chi connectivity index (χ0n) is 19.2. The van der Waals surface area contributed by atoms with E-state index in [1.165, 1.54) is 6.21 Å². The maximum Gasteiger partial charge on any atom is 0.219 e. The highest BCUT2D eigenvalue weighted by Gasteiger charge is 2.28. The van der Waals surface area contributed by atoms with Crippen LogP contribution < -0.4 is 15.5 Å². The van der Waals surface area contributed by atoms with Crippen molar-refractivity contribution in [2.45, 2.75) is 32.7 Å². The van der Waals surface area contributed by atoms with Crippen molar-refractivity contribution in [3.05, 3.63) is 47.3 Å². The number of carbonyl (C=O) groups is 1. The minimum atomic E-state index is 0.0291. The van der Waals surface area contributed by atoms with Crippen LogP contribution >= 0.6 is 0 Å². The number of likely N-dealkylation sites (N-methyl/N-ethyl adjacent to an activating group) is 1. The molecule has 1 atom stereocenters. The highest BCUT2D eigenvalue weighted by Crippen LogP contribution is 2.25. The van der Waals surface area contributed by atoms with E-state index in [4.69, 9.17) is 15.6 Å². The Morgan fingerprint density at radius 2 is 2.09 bits per heavy atom. The number of allylic oxidation sites excluding steroid dienone is 1. The molecule has 4 N–H and O–H groups in total. The molecule has 3 rings (SSSR count). The maximum atomic E-state index is 12.1. The van der Waals surface area contributed by atoms with Crippen LogP contribution in [0.3, 0.4) is 0 Å². The van der Waals surface area contributed by atoms with Crippen molar-refractivity contribution in [1.29, 1.82) is 10.8 Å². The van der Waals surface area contributed by atoms with Crippen LogP contribution in [0.4, 0.5) is 5.69 Å². The molecule has 0 unspecified atom stereocenters. The van der Waals surface area contributed by atoms with Gasteiger partial charge in [0, 0.05) is 75.0 Å². The van der Waals surface area contributed by atoms with Crippen molar-refractivity contribution < 1.29 is 9.53 Å². The third-order valence-corrected chi connectivity index (χ3v) is 5.94. The number of rotatable bonds is 8. The maximum absolute atomic E-state index is 12.1. The second-order valence-electron chi connectivity index (χ2n) is 8.02. The first-order valence-corrected chi connectivity index (χ1v) is 11.1. The topological polar surface area (TPSA) is 105 Å². The van der Waals surface area contributed by atoms with Gasteiger partial charge in [-0.2, -0.15) is 0 Å². The third kappa shape index (κ3) is 5.37. The second-order valence-corrected chi connectivity index (χ2v) is 8.02. The van der Waals surface area contributed by atoms with E-state index in [0.29, 0.717) is 38.5 Å². The van der Waals surface area contributed by atoms with Gasteiger partial charge < -0.3 is 30.6 Å². The summed E-state index contributed by atoms with van der Waals surface area (Å²) in [6.45, 7) is 6.76. The number of benzene rings is 1. The van der Waals surface area contributed by atoms with Crippen LogP contribution in [0.2, 0.25) is 0 Å². The molecule has 0 radical (unpaired) electrons. The van der Waals surface area contributed by atoms with Gasteiger partial charge >= 0.3 is 0 Å². The number of carbonyl (C=O) groups excluding carboxylic acids is 1. The molecule has 172 valence electrons. The van der Waals surface area contributed by atoms with Crippen LogP contribution in [0.25, 0.3) is 5.57 Å². The number of amidine groups is 1. The number of nitrogens with zero attached hydrogens (tertiary/aromatic N) is 2. The number of nitrogens with one attached hydrogen (secondary N) is 4. The number of anilines is 1. The van der Waals surface area contributed by atoms with Crippen molar-refractivity contribution in [2.24, 2.45) is 0 Å². The summed E-state index contributed by atoms with van der Waals surface area (Å²) in [5.74, 6) is 0.437. The average Bonchev–Trinajstić information content (AvgIpc) is 3.31. The zero-order valence-corrected chi connectivity index (χ0v) is 19.2. The molecule has 8 nitrogen and oxygen atoms in total. The van der Waals surface area contributed by atoms with Gasteiger partial charge in [0.2, 0.25) is 5.91 Å². The molecule has 8 heteroatoms. The highest BCUT2D eigenvalue weighted by atomic mass is 16.5. The summed E-state index contributed by atoms with van der Waals surface area (Å²) in [4.78, 5) is 15.8. The van der Waals surface area contributed by atoms with E-state index >= 15 is 0 Å². The summed E-state index contributed by atoms with van der Waals surface area (Å²) in [7, 11) is 1.81. The fourth-order valence-electron chi connectivity index (χ4n) is 4.13. The van der Waals surface area contributed by atoms with E-state index in [0.717, 1.165) is 41.1 Å². The van der Waals surface area contributed by atoms with Crippen molar-refractivity contribution in [3.63, 3.8) is 0 Å². The summed E-state index contributed by atoms with van der Waals surface area (Å²) >= 11 is 0. The highest BCUT2D eigenvalue weighted by molar-refractivity contribution is 6.10. The minimum absolute atomic E-state index is 0.0291.